The molecule has 0 unspecified atom stereocenters. The van der Waals surface area contributed by atoms with Crippen LogP contribution in [0.5, 0.6) is 17.2 Å². The minimum Gasteiger partial charge on any atom is -0.508 e. The van der Waals surface area contributed by atoms with Crippen LogP contribution in [0.2, 0.25) is 0 Å². The maximum atomic E-state index is 12.3. The highest BCUT2D eigenvalue weighted by molar-refractivity contribution is 5.81. The minimum absolute atomic E-state index is 0.0121. The predicted molar refractivity (Wildman–Crippen MR) is 135 cm³/mol. The van der Waals surface area contributed by atoms with Crippen LogP contribution in [0.1, 0.15) is 11.1 Å². The second-order valence-corrected chi connectivity index (χ2v) is 7.55. The molecular weight excluding hydrogens is 428 g/mol. The summed E-state index contributed by atoms with van der Waals surface area (Å²) in [5, 5.41) is 28.3. The van der Waals surface area contributed by atoms with Crippen LogP contribution < -0.4 is 5.43 Å². The number of hydrogen-bond acceptors (Lipinski definition) is 5. The van der Waals surface area contributed by atoms with E-state index >= 15 is 0 Å². The molecule has 5 aromatic rings. The predicted octanol–water partition coefficient (Wildman–Crippen LogP) is 6.43. The Morgan fingerprint density at radius 2 is 1.24 bits per heavy atom. The molecule has 5 nitrogen and oxygen atoms in total. The van der Waals surface area contributed by atoms with Gasteiger partial charge in [0.15, 0.2) is 5.43 Å². The SMILES string of the molecule is O=c1c(-c2ccccc2)coc2ccccc12.Oc1ccc(/C=C/c2cc(O)cc(O)c2)cc1. The summed E-state index contributed by atoms with van der Waals surface area (Å²) in [6.07, 6.45) is 5.12. The smallest absolute Gasteiger partial charge is 0.200 e. The summed E-state index contributed by atoms with van der Waals surface area (Å²) >= 11 is 0. The molecule has 0 fully saturated rings. The van der Waals surface area contributed by atoms with Crippen molar-refractivity contribution in [2.45, 2.75) is 0 Å². The van der Waals surface area contributed by atoms with E-state index in [1.165, 1.54) is 12.3 Å². The fourth-order valence-corrected chi connectivity index (χ4v) is 3.39. The van der Waals surface area contributed by atoms with E-state index in [2.05, 4.69) is 0 Å². The molecule has 3 N–H and O–H groups in total. The van der Waals surface area contributed by atoms with Crippen molar-refractivity contribution < 1.29 is 19.7 Å². The van der Waals surface area contributed by atoms with Crippen molar-refractivity contribution in [3.63, 3.8) is 0 Å². The number of fused-ring (bicyclic) bond motifs is 1. The topological polar surface area (TPSA) is 90.9 Å². The normalized spacial score (nSPS) is 10.7. The summed E-state index contributed by atoms with van der Waals surface area (Å²) in [5.74, 6) is 0.267. The lowest BCUT2D eigenvalue weighted by Gasteiger charge is -2.01. The Morgan fingerprint density at radius 3 is 1.94 bits per heavy atom. The van der Waals surface area contributed by atoms with Crippen molar-refractivity contribution >= 4 is 23.1 Å². The van der Waals surface area contributed by atoms with Crippen LogP contribution >= 0.6 is 0 Å². The zero-order chi connectivity index (χ0) is 23.9. The van der Waals surface area contributed by atoms with E-state index < -0.39 is 0 Å². The van der Waals surface area contributed by atoms with E-state index in [9.17, 15) is 15.0 Å². The van der Waals surface area contributed by atoms with Gasteiger partial charge in [-0.1, -0.05) is 66.7 Å². The summed E-state index contributed by atoms with van der Waals surface area (Å²) in [5.41, 5.74) is 3.74. The lowest BCUT2D eigenvalue weighted by atomic mass is 10.1. The lowest BCUT2D eigenvalue weighted by Crippen LogP contribution is -2.04. The number of phenols is 3. The summed E-state index contributed by atoms with van der Waals surface area (Å²) < 4.78 is 5.48. The Hall–Kier alpha value is -4.77. The summed E-state index contributed by atoms with van der Waals surface area (Å²) in [6, 6.07) is 27.9. The van der Waals surface area contributed by atoms with Crippen molar-refractivity contribution in [2.75, 3.05) is 0 Å². The highest BCUT2D eigenvalue weighted by Gasteiger charge is 2.07. The van der Waals surface area contributed by atoms with Gasteiger partial charge in [0.2, 0.25) is 0 Å². The largest absolute Gasteiger partial charge is 0.508 e. The Kier molecular flexibility index (Phi) is 6.75. The maximum Gasteiger partial charge on any atom is 0.200 e. The number of hydrogen-bond donors (Lipinski definition) is 3. The first-order chi connectivity index (χ1) is 16.5. The molecule has 4 aromatic carbocycles. The lowest BCUT2D eigenvalue weighted by molar-refractivity contribution is 0.450. The van der Waals surface area contributed by atoms with Gasteiger partial charge in [0, 0.05) is 6.07 Å². The van der Waals surface area contributed by atoms with E-state index in [0.29, 0.717) is 22.1 Å². The van der Waals surface area contributed by atoms with Gasteiger partial charge < -0.3 is 19.7 Å². The third-order valence-corrected chi connectivity index (χ3v) is 5.05. The molecule has 0 spiro atoms. The zero-order valence-corrected chi connectivity index (χ0v) is 18.1. The number of para-hydroxylation sites is 1. The van der Waals surface area contributed by atoms with Crippen molar-refractivity contribution in [1.29, 1.82) is 0 Å². The third-order valence-electron chi connectivity index (χ3n) is 5.05. The molecule has 1 aromatic heterocycles. The first-order valence-corrected chi connectivity index (χ1v) is 10.6. The van der Waals surface area contributed by atoms with Crippen LogP contribution in [0.3, 0.4) is 0 Å². The van der Waals surface area contributed by atoms with Gasteiger partial charge in [0.05, 0.1) is 10.9 Å². The quantitative estimate of drug-likeness (QED) is 0.275. The molecule has 0 radical (unpaired) electrons. The molecule has 0 aliphatic rings. The van der Waals surface area contributed by atoms with E-state index in [0.717, 1.165) is 11.1 Å². The van der Waals surface area contributed by atoms with Crippen molar-refractivity contribution in [3.8, 4) is 28.4 Å². The van der Waals surface area contributed by atoms with Gasteiger partial charge >= 0.3 is 0 Å². The number of aromatic hydroxyl groups is 3. The van der Waals surface area contributed by atoms with Gasteiger partial charge in [-0.2, -0.15) is 0 Å². The third kappa shape index (κ3) is 5.53. The minimum atomic E-state index is 0.0121. The molecule has 0 amide bonds. The first kappa shape index (κ1) is 22.4. The summed E-state index contributed by atoms with van der Waals surface area (Å²) in [6.45, 7) is 0. The number of rotatable bonds is 3. The van der Waals surface area contributed by atoms with Crippen molar-refractivity contribution in [3.05, 3.63) is 125 Å². The number of phenolic OH excluding ortho intramolecular Hbond substituents is 3. The van der Waals surface area contributed by atoms with Gasteiger partial charge in [0.25, 0.3) is 0 Å². The Morgan fingerprint density at radius 1 is 0.618 bits per heavy atom. The molecule has 0 bridgehead atoms. The Labute approximate surface area is 196 Å². The monoisotopic (exact) mass is 450 g/mol. The average Bonchev–Trinajstić information content (AvgIpc) is 2.85. The van der Waals surface area contributed by atoms with Gasteiger partial charge in [-0.3, -0.25) is 4.79 Å². The van der Waals surface area contributed by atoms with E-state index in [-0.39, 0.29) is 22.7 Å². The van der Waals surface area contributed by atoms with E-state index in [1.54, 1.807) is 54.6 Å². The van der Waals surface area contributed by atoms with Crippen LogP contribution in [0.4, 0.5) is 0 Å². The molecule has 0 saturated heterocycles. The van der Waals surface area contributed by atoms with Crippen molar-refractivity contribution in [1.82, 2.24) is 0 Å². The van der Waals surface area contributed by atoms with E-state index in [4.69, 9.17) is 9.52 Å². The highest BCUT2D eigenvalue weighted by Crippen LogP contribution is 2.22. The highest BCUT2D eigenvalue weighted by atomic mass is 16.3. The standard InChI is InChI=1S/C15H10O2.C14H12O3/c16-15-12-8-4-5-9-14(12)17-10-13(15)11-6-2-1-3-7-11;15-12-5-3-10(4-6-12)1-2-11-7-13(16)9-14(17)8-11/h1-10H;1-9,15-17H/b;2-1+. The van der Waals surface area contributed by atoms with Crippen LogP contribution in [0.15, 0.2) is 113 Å². The van der Waals surface area contributed by atoms with Gasteiger partial charge in [-0.05, 0) is 53.1 Å². The molecule has 5 rings (SSSR count). The molecule has 1 heterocycles. The maximum absolute atomic E-state index is 12.3. The number of benzene rings is 4. The molecular formula is C29H22O5. The van der Waals surface area contributed by atoms with Crippen LogP contribution in [-0.4, -0.2) is 15.3 Å². The fraction of sp³-hybridized carbons (Fsp3) is 0. The van der Waals surface area contributed by atoms with E-state index in [1.807, 2.05) is 48.5 Å². The van der Waals surface area contributed by atoms with Crippen LogP contribution in [0, 0.1) is 0 Å². The zero-order valence-electron chi connectivity index (χ0n) is 18.1. The molecule has 0 atom stereocenters. The molecule has 34 heavy (non-hydrogen) atoms. The molecule has 0 aliphatic heterocycles. The Bertz CT molecular complexity index is 1460. The summed E-state index contributed by atoms with van der Waals surface area (Å²) in [4.78, 5) is 12.3. The van der Waals surface area contributed by atoms with Gasteiger partial charge in [-0.15, -0.1) is 0 Å². The molecule has 0 aliphatic carbocycles. The van der Waals surface area contributed by atoms with Crippen LogP contribution in [0.25, 0.3) is 34.2 Å². The fourth-order valence-electron chi connectivity index (χ4n) is 3.39. The van der Waals surface area contributed by atoms with Gasteiger partial charge in [0.1, 0.15) is 29.1 Å². The van der Waals surface area contributed by atoms with Crippen molar-refractivity contribution in [2.24, 2.45) is 0 Å². The second kappa shape index (κ2) is 10.2. The summed E-state index contributed by atoms with van der Waals surface area (Å²) in [7, 11) is 0. The molecule has 168 valence electrons. The second-order valence-electron chi connectivity index (χ2n) is 7.55. The first-order valence-electron chi connectivity index (χ1n) is 10.6. The Balaban J connectivity index is 0.000000161. The molecule has 0 saturated carbocycles. The van der Waals surface area contributed by atoms with Crippen LogP contribution in [-0.2, 0) is 0 Å². The molecule has 5 heteroatoms. The average molecular weight is 450 g/mol. The van der Waals surface area contributed by atoms with Gasteiger partial charge in [-0.25, -0.2) is 0 Å².